The van der Waals surface area contributed by atoms with Crippen molar-refractivity contribution in [2.75, 3.05) is 0 Å². The summed E-state index contributed by atoms with van der Waals surface area (Å²) in [6.45, 7) is 4.60. The Labute approximate surface area is 73.0 Å². The van der Waals surface area contributed by atoms with Crippen LogP contribution in [0.1, 0.15) is 17.0 Å². The zero-order valence-corrected chi connectivity index (χ0v) is 7.90. The van der Waals surface area contributed by atoms with Crippen LogP contribution in [0.3, 0.4) is 0 Å². The molecule has 1 aromatic rings. The van der Waals surface area contributed by atoms with Crippen LogP contribution in [0.15, 0.2) is 0 Å². The quantitative estimate of drug-likeness (QED) is 0.690. The van der Waals surface area contributed by atoms with Gasteiger partial charge in [0.2, 0.25) is 0 Å². The summed E-state index contributed by atoms with van der Waals surface area (Å²) in [6.07, 6.45) is 0. The van der Waals surface area contributed by atoms with Gasteiger partial charge in [-0.15, -0.1) is 12.4 Å². The lowest BCUT2D eigenvalue weighted by Gasteiger charge is -1.94. The fourth-order valence-electron chi connectivity index (χ4n) is 1.11. The number of aromatic nitrogens is 2. The van der Waals surface area contributed by atoms with Crippen molar-refractivity contribution >= 4 is 12.4 Å². The Morgan fingerprint density at radius 1 is 1.45 bits per heavy atom. The first-order valence-electron chi connectivity index (χ1n) is 3.36. The first-order chi connectivity index (χ1) is 4.66. The molecule has 0 atom stereocenters. The maximum absolute atomic E-state index is 5.51. The van der Waals surface area contributed by atoms with E-state index in [1.807, 2.05) is 25.6 Å². The first-order valence-corrected chi connectivity index (χ1v) is 3.36. The van der Waals surface area contributed by atoms with Crippen molar-refractivity contribution < 1.29 is 0 Å². The van der Waals surface area contributed by atoms with Gasteiger partial charge < -0.3 is 5.73 Å². The maximum atomic E-state index is 5.51. The molecule has 0 saturated heterocycles. The molecule has 4 heteroatoms. The lowest BCUT2D eigenvalue weighted by Crippen LogP contribution is -1.99. The third kappa shape index (κ3) is 1.73. The van der Waals surface area contributed by atoms with Gasteiger partial charge in [0.15, 0.2) is 0 Å². The lowest BCUT2D eigenvalue weighted by molar-refractivity contribution is 0.730. The molecule has 0 fully saturated rings. The number of hydrogen-bond acceptors (Lipinski definition) is 2. The van der Waals surface area contributed by atoms with E-state index in [1.165, 1.54) is 11.3 Å². The average molecular weight is 176 g/mol. The van der Waals surface area contributed by atoms with Crippen molar-refractivity contribution in [3.8, 4) is 0 Å². The second kappa shape index (κ2) is 3.74. The van der Waals surface area contributed by atoms with E-state index in [0.717, 1.165) is 5.69 Å². The Kier molecular flexibility index (Phi) is 3.55. The fourth-order valence-corrected chi connectivity index (χ4v) is 1.11. The monoisotopic (exact) mass is 175 g/mol. The van der Waals surface area contributed by atoms with Gasteiger partial charge >= 0.3 is 0 Å². The van der Waals surface area contributed by atoms with Crippen LogP contribution in [-0.4, -0.2) is 9.78 Å². The molecule has 1 aromatic heterocycles. The summed E-state index contributed by atoms with van der Waals surface area (Å²) in [7, 11) is 1.93. The molecule has 0 aliphatic heterocycles. The molecule has 1 rings (SSSR count). The van der Waals surface area contributed by atoms with E-state index in [2.05, 4.69) is 5.10 Å². The van der Waals surface area contributed by atoms with Crippen molar-refractivity contribution in [3.05, 3.63) is 17.0 Å². The van der Waals surface area contributed by atoms with Crippen LogP contribution >= 0.6 is 12.4 Å². The van der Waals surface area contributed by atoms with Crippen molar-refractivity contribution in [1.29, 1.82) is 0 Å². The normalized spacial score (nSPS) is 9.45. The van der Waals surface area contributed by atoms with Crippen LogP contribution in [-0.2, 0) is 13.6 Å². The highest BCUT2D eigenvalue weighted by Crippen LogP contribution is 2.09. The minimum absolute atomic E-state index is 0. The highest BCUT2D eigenvalue weighted by molar-refractivity contribution is 5.85. The molecule has 64 valence electrons. The Balaban J connectivity index is 0.000001000. The third-order valence-corrected chi connectivity index (χ3v) is 1.86. The van der Waals surface area contributed by atoms with E-state index in [9.17, 15) is 0 Å². The Morgan fingerprint density at radius 2 is 2.00 bits per heavy atom. The number of nitrogens with two attached hydrogens (primary N) is 1. The van der Waals surface area contributed by atoms with E-state index in [0.29, 0.717) is 6.54 Å². The van der Waals surface area contributed by atoms with Crippen LogP contribution in [0.2, 0.25) is 0 Å². The van der Waals surface area contributed by atoms with Gasteiger partial charge in [0.25, 0.3) is 0 Å². The summed E-state index contributed by atoms with van der Waals surface area (Å²) < 4.78 is 1.86. The van der Waals surface area contributed by atoms with E-state index in [1.54, 1.807) is 0 Å². The number of rotatable bonds is 1. The van der Waals surface area contributed by atoms with Gasteiger partial charge in [-0.25, -0.2) is 0 Å². The fraction of sp³-hybridized carbons (Fsp3) is 0.571. The molecule has 11 heavy (non-hydrogen) atoms. The molecule has 0 aliphatic rings. The van der Waals surface area contributed by atoms with Crippen LogP contribution in [0.25, 0.3) is 0 Å². The van der Waals surface area contributed by atoms with Gasteiger partial charge in [0.1, 0.15) is 0 Å². The SMILES string of the molecule is Cc1nn(C)c(C)c1CN.Cl. The predicted octanol–water partition coefficient (Wildman–Crippen LogP) is 0.917. The van der Waals surface area contributed by atoms with Gasteiger partial charge in [-0.2, -0.15) is 5.10 Å². The third-order valence-electron chi connectivity index (χ3n) is 1.86. The van der Waals surface area contributed by atoms with Crippen LogP contribution in [0, 0.1) is 13.8 Å². The summed E-state index contributed by atoms with van der Waals surface area (Å²) in [6, 6.07) is 0. The predicted molar refractivity (Wildman–Crippen MR) is 47.8 cm³/mol. The standard InChI is InChI=1S/C7H13N3.ClH/c1-5-7(4-8)6(2)10(3)9-5;/h4,8H2,1-3H3;1H. The largest absolute Gasteiger partial charge is 0.326 e. The van der Waals surface area contributed by atoms with Crippen molar-refractivity contribution in [2.45, 2.75) is 20.4 Å². The highest BCUT2D eigenvalue weighted by Gasteiger charge is 2.05. The van der Waals surface area contributed by atoms with Gasteiger partial charge in [-0.3, -0.25) is 4.68 Å². The zero-order valence-electron chi connectivity index (χ0n) is 7.09. The average Bonchev–Trinajstić information content (AvgIpc) is 2.09. The molecule has 2 N–H and O–H groups in total. The van der Waals surface area contributed by atoms with Gasteiger partial charge in [-0.1, -0.05) is 0 Å². The van der Waals surface area contributed by atoms with Gasteiger partial charge in [-0.05, 0) is 13.8 Å². The van der Waals surface area contributed by atoms with Crippen molar-refractivity contribution in [1.82, 2.24) is 9.78 Å². The second-order valence-corrected chi connectivity index (χ2v) is 2.48. The smallest absolute Gasteiger partial charge is 0.0641 e. The van der Waals surface area contributed by atoms with Crippen molar-refractivity contribution in [2.24, 2.45) is 12.8 Å². The molecular formula is C7H14ClN3. The van der Waals surface area contributed by atoms with Crippen LogP contribution in [0.5, 0.6) is 0 Å². The minimum atomic E-state index is 0. The molecule has 0 unspecified atom stereocenters. The Hall–Kier alpha value is -0.540. The zero-order chi connectivity index (χ0) is 7.72. The number of aryl methyl sites for hydroxylation is 2. The molecular weight excluding hydrogens is 162 g/mol. The summed E-state index contributed by atoms with van der Waals surface area (Å²) in [4.78, 5) is 0. The maximum Gasteiger partial charge on any atom is 0.0641 e. The Bertz CT molecular complexity index is 242. The molecule has 3 nitrogen and oxygen atoms in total. The topological polar surface area (TPSA) is 43.8 Å². The molecule has 0 aliphatic carbocycles. The summed E-state index contributed by atoms with van der Waals surface area (Å²) in [5.74, 6) is 0. The van der Waals surface area contributed by atoms with Gasteiger partial charge in [0.05, 0.1) is 5.69 Å². The summed E-state index contributed by atoms with van der Waals surface area (Å²) in [5.41, 5.74) is 8.89. The molecule has 1 heterocycles. The number of hydrogen-bond donors (Lipinski definition) is 1. The van der Waals surface area contributed by atoms with E-state index in [-0.39, 0.29) is 12.4 Å². The van der Waals surface area contributed by atoms with Crippen LogP contribution in [0.4, 0.5) is 0 Å². The number of halogens is 1. The van der Waals surface area contributed by atoms with E-state index >= 15 is 0 Å². The molecule has 0 saturated carbocycles. The Morgan fingerprint density at radius 3 is 2.18 bits per heavy atom. The minimum Gasteiger partial charge on any atom is -0.326 e. The summed E-state index contributed by atoms with van der Waals surface area (Å²) in [5, 5.41) is 4.22. The van der Waals surface area contributed by atoms with Gasteiger partial charge in [0, 0.05) is 24.8 Å². The van der Waals surface area contributed by atoms with Crippen LogP contribution < -0.4 is 5.73 Å². The van der Waals surface area contributed by atoms with E-state index < -0.39 is 0 Å². The van der Waals surface area contributed by atoms with E-state index in [4.69, 9.17) is 5.73 Å². The molecule has 0 aromatic carbocycles. The molecule has 0 bridgehead atoms. The highest BCUT2D eigenvalue weighted by atomic mass is 35.5. The molecule has 0 radical (unpaired) electrons. The first kappa shape index (κ1) is 10.5. The molecule has 0 spiro atoms. The molecule has 0 amide bonds. The lowest BCUT2D eigenvalue weighted by atomic mass is 10.2. The summed E-state index contributed by atoms with van der Waals surface area (Å²) >= 11 is 0. The number of nitrogens with zero attached hydrogens (tertiary/aromatic N) is 2. The second-order valence-electron chi connectivity index (χ2n) is 2.48. The van der Waals surface area contributed by atoms with Crippen molar-refractivity contribution in [3.63, 3.8) is 0 Å².